The van der Waals surface area contributed by atoms with Gasteiger partial charge in [-0.05, 0) is 30.0 Å². The number of nitrogens with zero attached hydrogens (tertiary/aromatic N) is 1. The second kappa shape index (κ2) is 5.50. The van der Waals surface area contributed by atoms with Gasteiger partial charge in [0.05, 0.1) is 0 Å². The molecule has 0 radical (unpaired) electrons. The largest absolute Gasteiger partial charge is 0.366 e. The molecule has 1 heterocycles. The molecule has 2 unspecified atom stereocenters. The SMILES string of the molecule is CC1CC(N)CN(Cc2cccc(C(N)=O)c2)C1. The summed E-state index contributed by atoms with van der Waals surface area (Å²) in [6.45, 7) is 5.05. The van der Waals surface area contributed by atoms with Crippen molar-refractivity contribution in [3.8, 4) is 0 Å². The van der Waals surface area contributed by atoms with Gasteiger partial charge in [0.15, 0.2) is 0 Å². The van der Waals surface area contributed by atoms with Crippen LogP contribution in [0.5, 0.6) is 0 Å². The van der Waals surface area contributed by atoms with Gasteiger partial charge in [-0.25, -0.2) is 0 Å². The summed E-state index contributed by atoms with van der Waals surface area (Å²) in [6, 6.07) is 7.77. The summed E-state index contributed by atoms with van der Waals surface area (Å²) in [5.74, 6) is 0.258. The number of hydrogen-bond donors (Lipinski definition) is 2. The molecular weight excluding hydrogens is 226 g/mol. The summed E-state index contributed by atoms with van der Waals surface area (Å²) in [4.78, 5) is 13.5. The van der Waals surface area contributed by atoms with E-state index in [4.69, 9.17) is 11.5 Å². The normalized spacial score (nSPS) is 25.0. The zero-order valence-corrected chi connectivity index (χ0v) is 10.8. The second-order valence-electron chi connectivity index (χ2n) is 5.36. The Balaban J connectivity index is 2.04. The average molecular weight is 247 g/mol. The lowest BCUT2D eigenvalue weighted by Crippen LogP contribution is -2.45. The molecule has 2 rings (SSSR count). The van der Waals surface area contributed by atoms with Crippen molar-refractivity contribution < 1.29 is 4.79 Å². The molecule has 0 saturated carbocycles. The molecule has 1 fully saturated rings. The minimum Gasteiger partial charge on any atom is -0.366 e. The Labute approximate surface area is 108 Å². The Kier molecular flexibility index (Phi) is 3.99. The first kappa shape index (κ1) is 13.1. The smallest absolute Gasteiger partial charge is 0.248 e. The van der Waals surface area contributed by atoms with E-state index in [1.54, 1.807) is 6.07 Å². The number of benzene rings is 1. The summed E-state index contributed by atoms with van der Waals surface area (Å²) in [7, 11) is 0. The number of carbonyl (C=O) groups is 1. The van der Waals surface area contributed by atoms with Gasteiger partial charge in [0.1, 0.15) is 0 Å². The fourth-order valence-electron chi connectivity index (χ4n) is 2.72. The quantitative estimate of drug-likeness (QED) is 0.835. The van der Waals surface area contributed by atoms with Crippen LogP contribution in [0, 0.1) is 5.92 Å². The van der Waals surface area contributed by atoms with Gasteiger partial charge in [-0.2, -0.15) is 0 Å². The molecule has 4 nitrogen and oxygen atoms in total. The Bertz CT molecular complexity index is 423. The van der Waals surface area contributed by atoms with Gasteiger partial charge < -0.3 is 11.5 Å². The molecule has 0 aliphatic carbocycles. The van der Waals surface area contributed by atoms with Crippen molar-refractivity contribution in [1.82, 2.24) is 4.90 Å². The highest BCUT2D eigenvalue weighted by atomic mass is 16.1. The minimum atomic E-state index is -0.374. The highest BCUT2D eigenvalue weighted by Crippen LogP contribution is 2.17. The molecule has 1 aromatic carbocycles. The lowest BCUT2D eigenvalue weighted by atomic mass is 9.96. The maximum atomic E-state index is 11.1. The van der Waals surface area contributed by atoms with Crippen molar-refractivity contribution in [1.29, 1.82) is 0 Å². The summed E-state index contributed by atoms with van der Waals surface area (Å²) >= 11 is 0. The number of piperidine rings is 1. The number of rotatable bonds is 3. The van der Waals surface area contributed by atoms with Crippen molar-refractivity contribution in [2.75, 3.05) is 13.1 Å². The van der Waals surface area contributed by atoms with E-state index >= 15 is 0 Å². The van der Waals surface area contributed by atoms with Crippen molar-refractivity contribution in [3.63, 3.8) is 0 Å². The molecule has 4 heteroatoms. The molecule has 0 spiro atoms. The van der Waals surface area contributed by atoms with Crippen LogP contribution >= 0.6 is 0 Å². The maximum absolute atomic E-state index is 11.1. The fraction of sp³-hybridized carbons (Fsp3) is 0.500. The van der Waals surface area contributed by atoms with Gasteiger partial charge in [0.25, 0.3) is 0 Å². The van der Waals surface area contributed by atoms with Gasteiger partial charge >= 0.3 is 0 Å². The lowest BCUT2D eigenvalue weighted by molar-refractivity contribution is 0.1000. The Morgan fingerprint density at radius 3 is 2.89 bits per heavy atom. The Hall–Kier alpha value is -1.39. The molecule has 1 aliphatic heterocycles. The zero-order valence-electron chi connectivity index (χ0n) is 10.8. The Morgan fingerprint density at radius 2 is 2.22 bits per heavy atom. The van der Waals surface area contributed by atoms with E-state index in [9.17, 15) is 4.79 Å². The predicted molar refractivity (Wildman–Crippen MR) is 72.0 cm³/mol. The van der Waals surface area contributed by atoms with E-state index in [-0.39, 0.29) is 11.9 Å². The van der Waals surface area contributed by atoms with Crippen molar-refractivity contribution in [2.24, 2.45) is 17.4 Å². The fourth-order valence-corrected chi connectivity index (χ4v) is 2.72. The van der Waals surface area contributed by atoms with Crippen LogP contribution in [-0.2, 0) is 6.54 Å². The average Bonchev–Trinajstić information content (AvgIpc) is 2.27. The van der Waals surface area contributed by atoms with Crippen LogP contribution in [-0.4, -0.2) is 29.9 Å². The number of primary amides is 1. The molecule has 2 atom stereocenters. The molecule has 18 heavy (non-hydrogen) atoms. The van der Waals surface area contributed by atoms with E-state index in [2.05, 4.69) is 11.8 Å². The second-order valence-corrected chi connectivity index (χ2v) is 5.36. The number of likely N-dealkylation sites (tertiary alicyclic amines) is 1. The number of carbonyl (C=O) groups excluding carboxylic acids is 1. The Morgan fingerprint density at radius 1 is 1.44 bits per heavy atom. The molecule has 98 valence electrons. The summed E-state index contributed by atoms with van der Waals surface area (Å²) in [6.07, 6.45) is 1.10. The van der Waals surface area contributed by atoms with Gasteiger partial charge in [-0.15, -0.1) is 0 Å². The van der Waals surface area contributed by atoms with Crippen LogP contribution in [0.4, 0.5) is 0 Å². The summed E-state index contributed by atoms with van der Waals surface area (Å²) in [5.41, 5.74) is 13.0. The molecular formula is C14H21N3O. The van der Waals surface area contributed by atoms with Crippen LogP contribution in [0.2, 0.25) is 0 Å². The van der Waals surface area contributed by atoms with Crippen LogP contribution < -0.4 is 11.5 Å². The van der Waals surface area contributed by atoms with Crippen LogP contribution in [0.3, 0.4) is 0 Å². The van der Waals surface area contributed by atoms with E-state index < -0.39 is 0 Å². The molecule has 1 aliphatic rings. The summed E-state index contributed by atoms with van der Waals surface area (Å²) in [5, 5.41) is 0. The van der Waals surface area contributed by atoms with Crippen molar-refractivity contribution in [3.05, 3.63) is 35.4 Å². The van der Waals surface area contributed by atoms with E-state index in [0.29, 0.717) is 11.5 Å². The number of amides is 1. The topological polar surface area (TPSA) is 72.3 Å². The van der Waals surface area contributed by atoms with Gasteiger partial charge in [0, 0.05) is 31.2 Å². The standard InChI is InChI=1S/C14H21N3O/c1-10-5-13(15)9-17(7-10)8-11-3-2-4-12(6-11)14(16)18/h2-4,6,10,13H,5,7-9,15H2,1H3,(H2,16,18). The first-order valence-electron chi connectivity index (χ1n) is 6.41. The van der Waals surface area contributed by atoms with Gasteiger partial charge in [-0.1, -0.05) is 19.1 Å². The number of nitrogens with two attached hydrogens (primary N) is 2. The van der Waals surface area contributed by atoms with Crippen LogP contribution in [0.1, 0.15) is 29.3 Å². The van der Waals surface area contributed by atoms with E-state index in [1.165, 1.54) is 0 Å². The van der Waals surface area contributed by atoms with Gasteiger partial charge in [0.2, 0.25) is 5.91 Å². The molecule has 1 saturated heterocycles. The third-order valence-corrected chi connectivity index (χ3v) is 3.39. The van der Waals surface area contributed by atoms with Crippen LogP contribution in [0.25, 0.3) is 0 Å². The highest BCUT2D eigenvalue weighted by molar-refractivity contribution is 5.92. The molecule has 0 aromatic heterocycles. The first-order valence-corrected chi connectivity index (χ1v) is 6.41. The monoisotopic (exact) mass is 247 g/mol. The van der Waals surface area contributed by atoms with Crippen LogP contribution in [0.15, 0.2) is 24.3 Å². The minimum absolute atomic E-state index is 0.257. The number of hydrogen-bond acceptors (Lipinski definition) is 3. The third-order valence-electron chi connectivity index (χ3n) is 3.39. The molecule has 0 bridgehead atoms. The van der Waals surface area contributed by atoms with Crippen molar-refractivity contribution in [2.45, 2.75) is 25.9 Å². The molecule has 1 aromatic rings. The lowest BCUT2D eigenvalue weighted by Gasteiger charge is -2.34. The third kappa shape index (κ3) is 3.31. The van der Waals surface area contributed by atoms with E-state index in [0.717, 1.165) is 31.6 Å². The molecule has 1 amide bonds. The summed E-state index contributed by atoms with van der Waals surface area (Å²) < 4.78 is 0. The van der Waals surface area contributed by atoms with Gasteiger partial charge in [-0.3, -0.25) is 9.69 Å². The van der Waals surface area contributed by atoms with E-state index in [1.807, 2.05) is 18.2 Å². The van der Waals surface area contributed by atoms with Crippen molar-refractivity contribution >= 4 is 5.91 Å². The first-order chi connectivity index (χ1) is 8.54. The highest BCUT2D eigenvalue weighted by Gasteiger charge is 2.22. The predicted octanol–water partition coefficient (Wildman–Crippen LogP) is 0.955. The zero-order chi connectivity index (χ0) is 13.1. The maximum Gasteiger partial charge on any atom is 0.248 e. The molecule has 4 N–H and O–H groups in total.